The van der Waals surface area contributed by atoms with E-state index in [1.165, 1.54) is 11.8 Å². The van der Waals surface area contributed by atoms with E-state index in [0.717, 1.165) is 0 Å². The van der Waals surface area contributed by atoms with E-state index in [1.807, 2.05) is 25.3 Å². The van der Waals surface area contributed by atoms with Gasteiger partial charge < -0.3 is 11.1 Å². The molecule has 6 nitrogen and oxygen atoms in total. The minimum Gasteiger partial charge on any atom is -0.368 e. The number of nitrogens with one attached hydrogen (secondary N) is 1. The van der Waals surface area contributed by atoms with Crippen LogP contribution >= 0.6 is 11.8 Å². The van der Waals surface area contributed by atoms with Gasteiger partial charge in [-0.05, 0) is 26.7 Å². The zero-order valence-corrected chi connectivity index (χ0v) is 13.0. The van der Waals surface area contributed by atoms with Crippen LogP contribution in [0.3, 0.4) is 0 Å². The monoisotopic (exact) mass is 285 g/mol. The second kappa shape index (κ2) is 6.79. The Bertz CT molecular complexity index is 430. The number of rotatable bonds is 6. The number of hydrogen-bond donors (Lipinski definition) is 2. The molecule has 0 spiro atoms. The summed E-state index contributed by atoms with van der Waals surface area (Å²) >= 11 is 1.36. The molecule has 1 unspecified atom stereocenters. The highest BCUT2D eigenvalue weighted by Gasteiger charge is 2.16. The third-order valence-electron chi connectivity index (χ3n) is 2.93. The minimum atomic E-state index is 0.00285. The van der Waals surface area contributed by atoms with Crippen LogP contribution in [0.2, 0.25) is 0 Å². The maximum absolute atomic E-state index is 11.8. The molecule has 1 rings (SSSR count). The van der Waals surface area contributed by atoms with Crippen molar-refractivity contribution in [1.29, 1.82) is 0 Å². The third kappa shape index (κ3) is 4.41. The number of nitrogens with zero attached hydrogens (tertiary/aromatic N) is 3. The molecule has 1 aromatic rings. The Kier molecular flexibility index (Phi) is 5.65. The summed E-state index contributed by atoms with van der Waals surface area (Å²) < 4.78 is 1.82. The second-order valence-corrected chi connectivity index (χ2v) is 6.14. The summed E-state index contributed by atoms with van der Waals surface area (Å²) in [5.41, 5.74) is 5.74. The van der Waals surface area contributed by atoms with E-state index in [2.05, 4.69) is 29.4 Å². The van der Waals surface area contributed by atoms with Gasteiger partial charge in [-0.2, -0.15) is 0 Å². The van der Waals surface area contributed by atoms with Crippen molar-refractivity contribution in [2.24, 2.45) is 5.92 Å². The fourth-order valence-corrected chi connectivity index (χ4v) is 2.35. The van der Waals surface area contributed by atoms with Crippen molar-refractivity contribution < 1.29 is 4.79 Å². The number of amides is 1. The van der Waals surface area contributed by atoms with Crippen molar-refractivity contribution in [2.45, 2.75) is 51.9 Å². The molecule has 0 saturated heterocycles. The molecule has 1 aromatic heterocycles. The van der Waals surface area contributed by atoms with Gasteiger partial charge in [0.05, 0.1) is 5.75 Å². The van der Waals surface area contributed by atoms with Crippen molar-refractivity contribution in [3.63, 3.8) is 0 Å². The van der Waals surface area contributed by atoms with Crippen LogP contribution in [-0.2, 0) is 4.79 Å². The molecule has 0 aromatic carbocycles. The Morgan fingerprint density at radius 2 is 1.95 bits per heavy atom. The van der Waals surface area contributed by atoms with E-state index in [9.17, 15) is 4.79 Å². The Hall–Kier alpha value is -1.24. The van der Waals surface area contributed by atoms with E-state index in [0.29, 0.717) is 22.8 Å². The van der Waals surface area contributed by atoms with Crippen molar-refractivity contribution in [3.8, 4) is 0 Å². The third-order valence-corrected chi connectivity index (χ3v) is 3.87. The summed E-state index contributed by atoms with van der Waals surface area (Å²) in [5.74, 6) is 1.13. The molecule has 0 bridgehead atoms. The minimum absolute atomic E-state index is 0.00285. The molecule has 0 aliphatic heterocycles. The van der Waals surface area contributed by atoms with Gasteiger partial charge in [-0.25, -0.2) is 0 Å². The number of thioether (sulfide) groups is 1. The Morgan fingerprint density at radius 1 is 1.32 bits per heavy atom. The van der Waals surface area contributed by atoms with Gasteiger partial charge in [0.2, 0.25) is 11.9 Å². The van der Waals surface area contributed by atoms with Crippen LogP contribution in [-0.4, -0.2) is 32.5 Å². The fourth-order valence-electron chi connectivity index (χ4n) is 1.46. The number of carbonyl (C=O) groups is 1. The molecule has 108 valence electrons. The first-order valence-corrected chi connectivity index (χ1v) is 7.44. The molecule has 0 aliphatic carbocycles. The number of aromatic nitrogens is 3. The number of nitrogens with two attached hydrogens (primary N) is 1. The van der Waals surface area contributed by atoms with Gasteiger partial charge in [-0.15, -0.1) is 10.2 Å². The fraction of sp³-hybridized carbons (Fsp3) is 0.750. The average molecular weight is 285 g/mol. The van der Waals surface area contributed by atoms with E-state index >= 15 is 0 Å². The summed E-state index contributed by atoms with van der Waals surface area (Å²) in [5, 5.41) is 11.5. The van der Waals surface area contributed by atoms with Crippen molar-refractivity contribution in [1.82, 2.24) is 20.1 Å². The Morgan fingerprint density at radius 3 is 2.47 bits per heavy atom. The first-order valence-electron chi connectivity index (χ1n) is 6.45. The summed E-state index contributed by atoms with van der Waals surface area (Å²) in [7, 11) is 0. The molecule has 1 heterocycles. The van der Waals surface area contributed by atoms with Crippen LogP contribution in [0.4, 0.5) is 5.95 Å². The highest BCUT2D eigenvalue weighted by Crippen LogP contribution is 2.22. The molecule has 0 aliphatic rings. The van der Waals surface area contributed by atoms with Gasteiger partial charge in [-0.1, -0.05) is 25.6 Å². The normalized spacial score (nSPS) is 13.0. The summed E-state index contributed by atoms with van der Waals surface area (Å²) in [6, 6.07) is 0.344. The maximum Gasteiger partial charge on any atom is 0.230 e. The van der Waals surface area contributed by atoms with Crippen molar-refractivity contribution in [3.05, 3.63) is 0 Å². The zero-order valence-electron chi connectivity index (χ0n) is 12.2. The molecule has 7 heteroatoms. The predicted molar refractivity (Wildman–Crippen MR) is 78.0 cm³/mol. The SMILES string of the molecule is CC(C)C(C)NC(=O)CSc1nnc(N)n1C(C)C. The highest BCUT2D eigenvalue weighted by molar-refractivity contribution is 7.99. The van der Waals surface area contributed by atoms with Crippen LogP contribution < -0.4 is 11.1 Å². The standard InChI is InChI=1S/C12H23N5OS/c1-7(2)9(5)14-10(18)6-19-12-16-15-11(13)17(12)8(3)4/h7-9H,6H2,1-5H3,(H2,13,15)(H,14,18). The molecule has 19 heavy (non-hydrogen) atoms. The van der Waals surface area contributed by atoms with Gasteiger partial charge in [0, 0.05) is 12.1 Å². The van der Waals surface area contributed by atoms with E-state index in [1.54, 1.807) is 0 Å². The van der Waals surface area contributed by atoms with Crippen LogP contribution in [0.15, 0.2) is 5.16 Å². The first-order chi connectivity index (χ1) is 8.82. The molecular weight excluding hydrogens is 262 g/mol. The number of hydrogen-bond acceptors (Lipinski definition) is 5. The largest absolute Gasteiger partial charge is 0.368 e. The van der Waals surface area contributed by atoms with E-state index < -0.39 is 0 Å². The summed E-state index contributed by atoms with van der Waals surface area (Å²) in [6.45, 7) is 10.2. The van der Waals surface area contributed by atoms with Crippen molar-refractivity contribution in [2.75, 3.05) is 11.5 Å². The lowest BCUT2D eigenvalue weighted by Crippen LogP contribution is -2.37. The molecule has 0 radical (unpaired) electrons. The first kappa shape index (κ1) is 15.8. The Balaban J connectivity index is 2.56. The van der Waals surface area contributed by atoms with Crippen LogP contribution in [0.1, 0.15) is 40.7 Å². The quantitative estimate of drug-likeness (QED) is 0.777. The predicted octanol–water partition coefficient (Wildman–Crippen LogP) is 1.69. The van der Waals surface area contributed by atoms with Gasteiger partial charge in [-0.3, -0.25) is 9.36 Å². The summed E-state index contributed by atoms with van der Waals surface area (Å²) in [6.07, 6.45) is 0. The van der Waals surface area contributed by atoms with Crippen LogP contribution in [0.25, 0.3) is 0 Å². The number of carbonyl (C=O) groups excluding carboxylic acids is 1. The average Bonchev–Trinajstić information content (AvgIpc) is 2.67. The van der Waals surface area contributed by atoms with Gasteiger partial charge in [0.25, 0.3) is 0 Å². The lowest BCUT2D eigenvalue weighted by molar-refractivity contribution is -0.119. The highest BCUT2D eigenvalue weighted by atomic mass is 32.2. The summed E-state index contributed by atoms with van der Waals surface area (Å²) in [4.78, 5) is 11.8. The van der Waals surface area contributed by atoms with Gasteiger partial charge >= 0.3 is 0 Å². The molecule has 1 amide bonds. The molecule has 0 fully saturated rings. The molecule has 3 N–H and O–H groups in total. The van der Waals surface area contributed by atoms with Crippen LogP contribution in [0.5, 0.6) is 0 Å². The molecular formula is C12H23N5OS. The van der Waals surface area contributed by atoms with E-state index in [-0.39, 0.29) is 18.0 Å². The topological polar surface area (TPSA) is 85.8 Å². The second-order valence-electron chi connectivity index (χ2n) is 5.19. The molecule has 0 saturated carbocycles. The number of nitrogen functional groups attached to an aromatic ring is 1. The maximum atomic E-state index is 11.8. The number of anilines is 1. The van der Waals surface area contributed by atoms with Crippen LogP contribution in [0, 0.1) is 5.92 Å². The van der Waals surface area contributed by atoms with Gasteiger partial charge in [0.15, 0.2) is 5.16 Å². The van der Waals surface area contributed by atoms with E-state index in [4.69, 9.17) is 5.73 Å². The smallest absolute Gasteiger partial charge is 0.230 e. The Labute approximate surface area is 118 Å². The lowest BCUT2D eigenvalue weighted by atomic mass is 10.1. The van der Waals surface area contributed by atoms with Crippen molar-refractivity contribution >= 4 is 23.6 Å². The zero-order chi connectivity index (χ0) is 14.6. The molecule has 1 atom stereocenters. The van der Waals surface area contributed by atoms with Gasteiger partial charge in [0.1, 0.15) is 0 Å². The lowest BCUT2D eigenvalue weighted by Gasteiger charge is -2.17.